The van der Waals surface area contributed by atoms with Crippen LogP contribution < -0.4 is 21.7 Å². The summed E-state index contributed by atoms with van der Waals surface area (Å²) in [7, 11) is 0. The Labute approximate surface area is 501 Å². The second-order valence-corrected chi connectivity index (χ2v) is 24.8. The minimum atomic E-state index is -0.557. The first kappa shape index (κ1) is 66.3. The number of Topliss-reactive ketones (excluding diaryl/α,β-unsaturated/α-hetero) is 1. The van der Waals surface area contributed by atoms with Gasteiger partial charge in [-0.3, -0.25) is 24.1 Å². The molecule has 448 valence electrons. The average Bonchev–Trinajstić information content (AvgIpc) is 2.74. The van der Waals surface area contributed by atoms with Crippen LogP contribution in [-0.4, -0.2) is 120 Å². The molecular formula is C53H61ClFN13O12S4. The summed E-state index contributed by atoms with van der Waals surface area (Å²) in [4.78, 5) is 106. The molecule has 84 heavy (non-hydrogen) atoms. The van der Waals surface area contributed by atoms with Gasteiger partial charge in [-0.1, -0.05) is 63.0 Å². The van der Waals surface area contributed by atoms with E-state index < -0.39 is 35.1 Å². The van der Waals surface area contributed by atoms with Crippen LogP contribution >= 0.6 is 56.9 Å². The average molecular weight is 1250 g/mol. The number of amides is 4. The molecule has 0 unspecified atom stereocenters. The first-order chi connectivity index (χ1) is 39.3. The summed E-state index contributed by atoms with van der Waals surface area (Å²) in [5, 5.41) is 17.9. The Kier molecular flexibility index (Phi) is 23.0. The molecule has 9 heterocycles. The molecule has 9 aromatic rings. The molecule has 0 aliphatic carbocycles. The fraction of sp³-hybridized carbons (Fsp3) is 0.340. The van der Waals surface area contributed by atoms with Gasteiger partial charge in [-0.05, 0) is 105 Å². The van der Waals surface area contributed by atoms with Crippen molar-refractivity contribution < 1.29 is 62.3 Å². The van der Waals surface area contributed by atoms with Crippen LogP contribution in [0, 0.1) is 12.3 Å². The number of benzene rings is 1. The number of nitrogens with two attached hydrogens (primary N) is 1. The number of nitrogens with one attached hydrogen (secondary N) is 4. The molecule has 0 saturated carbocycles. The highest BCUT2D eigenvalue weighted by Crippen LogP contribution is 2.31. The highest BCUT2D eigenvalue weighted by atomic mass is 35.5. The molecule has 1 aliphatic heterocycles. The standard InChI is InChI=1S/C13H10ClN3OS.C12H15N3O3S.C10H13N3O2S.C9H15NO3.C7H7N3OS.C2HFO2/c1-8(18)15-13-16-11-5-6-17(12(11)19-13)10-4-2-3-9(14)7-10;1-7(16)13-10-14-8-5-6-15(9(8)19-10)11(17)18-12(2,3)4;1-10(2,3)15-9(14)13-5-4-6-7(13)16-8(11)12-6;1-9(2,3)13-8(12)10-5-4-7(11)6-10;1-4(11)9-7-10-5-2-3-8-6(5)12-7;3-1-2-5-4/h2-7H,1H3,(H,15,16,18);5-6H,1-4H3,(H,13,14,16);4-5H,1-3H3,(H2,11,12);4-6H2,1-3H3;2-3,8H,1H3,(H,9,10,11);4H. The topological polar surface area (TPSA) is 324 Å². The lowest BCUT2D eigenvalue weighted by Gasteiger charge is -2.23. The lowest BCUT2D eigenvalue weighted by Crippen LogP contribution is -2.35. The van der Waals surface area contributed by atoms with Crippen molar-refractivity contribution in [1.82, 2.24) is 43.5 Å². The number of ether oxygens (including phenoxy) is 3. The lowest BCUT2D eigenvalue weighted by molar-refractivity contribution is -0.172. The van der Waals surface area contributed by atoms with E-state index in [1.165, 1.54) is 86.3 Å². The number of anilines is 4. The Bertz CT molecular complexity index is 3810. The molecule has 0 bridgehead atoms. The number of halogens is 2. The molecule has 1 saturated heterocycles. The number of fused-ring (bicyclic) bond motifs is 4. The second kappa shape index (κ2) is 29.2. The number of likely N-dealkylation sites (tertiary alicyclic amines) is 1. The van der Waals surface area contributed by atoms with E-state index in [9.17, 15) is 38.0 Å². The Hall–Kier alpha value is -8.47. The summed E-state index contributed by atoms with van der Waals surface area (Å²) in [6.07, 6.45) is 8.26. The number of nitrogens with zero attached hydrogens (tertiary/aromatic N) is 8. The largest absolute Gasteiger partial charge is 0.444 e. The lowest BCUT2D eigenvalue weighted by atomic mass is 10.2. The van der Waals surface area contributed by atoms with Crippen LogP contribution in [0.2, 0.25) is 5.02 Å². The molecular weight excluding hydrogens is 1190 g/mol. The molecule has 10 rings (SSSR count). The van der Waals surface area contributed by atoms with E-state index in [4.69, 9.17) is 36.8 Å². The molecule has 7 N–H and O–H groups in total. The summed E-state index contributed by atoms with van der Waals surface area (Å²) < 4.78 is 30.8. The normalized spacial score (nSPS) is 11.8. The number of hydrogen-bond acceptors (Lipinski definition) is 21. The molecule has 25 nitrogen and oxygen atoms in total. The fourth-order valence-corrected chi connectivity index (χ4v) is 10.5. The predicted molar refractivity (Wildman–Crippen MR) is 324 cm³/mol. The first-order valence-corrected chi connectivity index (χ1v) is 28.6. The third kappa shape index (κ3) is 20.8. The number of ketones is 1. The number of nitrogen functional groups attached to an aromatic ring is 1. The van der Waals surface area contributed by atoms with Crippen LogP contribution in [0.25, 0.3) is 47.1 Å². The number of H-pyrrole nitrogens is 1. The van der Waals surface area contributed by atoms with Crippen molar-refractivity contribution in [2.24, 2.45) is 0 Å². The van der Waals surface area contributed by atoms with E-state index in [-0.39, 0.29) is 30.0 Å². The zero-order chi connectivity index (χ0) is 62.3. The van der Waals surface area contributed by atoms with Gasteiger partial charge in [0.25, 0.3) is 0 Å². The zero-order valence-electron chi connectivity index (χ0n) is 47.5. The number of aromatic amines is 1. The van der Waals surface area contributed by atoms with Crippen LogP contribution in [0.1, 0.15) is 89.5 Å². The van der Waals surface area contributed by atoms with E-state index in [1.807, 2.05) is 94.9 Å². The van der Waals surface area contributed by atoms with Crippen molar-refractivity contribution in [1.29, 1.82) is 0 Å². The van der Waals surface area contributed by atoms with Crippen molar-refractivity contribution >= 4 is 161 Å². The monoisotopic (exact) mass is 1250 g/mol. The molecule has 1 aromatic carbocycles. The number of rotatable bonds is 4. The van der Waals surface area contributed by atoms with Gasteiger partial charge >= 0.3 is 18.3 Å². The molecule has 0 atom stereocenters. The van der Waals surface area contributed by atoms with Crippen LogP contribution in [0.4, 0.5) is 39.3 Å². The molecule has 0 radical (unpaired) electrons. The van der Waals surface area contributed by atoms with Crippen molar-refractivity contribution in [3.63, 3.8) is 0 Å². The van der Waals surface area contributed by atoms with Gasteiger partial charge in [-0.25, -0.2) is 43.5 Å². The minimum absolute atomic E-state index is 0.0913. The quantitative estimate of drug-likeness (QED) is 0.0413. The summed E-state index contributed by atoms with van der Waals surface area (Å²) >= 11 is 11.4. The van der Waals surface area contributed by atoms with Crippen molar-refractivity contribution in [3.8, 4) is 18.0 Å². The minimum Gasteiger partial charge on any atom is -0.444 e. The van der Waals surface area contributed by atoms with Crippen molar-refractivity contribution in [2.75, 3.05) is 34.8 Å². The van der Waals surface area contributed by atoms with E-state index in [0.717, 1.165) is 32.6 Å². The molecule has 1 aliphatic rings. The van der Waals surface area contributed by atoms with E-state index >= 15 is 0 Å². The van der Waals surface area contributed by atoms with Crippen LogP contribution in [0.3, 0.4) is 0 Å². The predicted octanol–water partition coefficient (Wildman–Crippen LogP) is 12.1. The maximum Gasteiger partial charge on any atom is 0.419 e. The van der Waals surface area contributed by atoms with Gasteiger partial charge in [0.05, 0.1) is 6.54 Å². The summed E-state index contributed by atoms with van der Waals surface area (Å²) in [5.74, 6) is -0.303. The van der Waals surface area contributed by atoms with Gasteiger partial charge in [0.2, 0.25) is 17.7 Å². The van der Waals surface area contributed by atoms with Gasteiger partial charge < -0.3 is 50.3 Å². The smallest absolute Gasteiger partial charge is 0.419 e. The maximum absolute atomic E-state index is 12.0. The molecule has 0 spiro atoms. The van der Waals surface area contributed by atoms with Gasteiger partial charge in [0.1, 0.15) is 58.2 Å². The SMILES string of the molecule is CC(=O)Nc1nc2cc[nH]c2s1.CC(=O)Nc1nc2ccn(-c3cccc(Cl)c3)c2s1.CC(=O)Nc1nc2ccn(C(=O)OC(C)(C)C)c2s1.CC(C)(C)OC(=O)N1CCC(=O)C1.CC(C)(C)OC(=O)n1ccc2nc(N)sc21.OOC#CF. The Morgan fingerprint density at radius 1 is 0.667 bits per heavy atom. The van der Waals surface area contributed by atoms with Gasteiger partial charge in [-0.2, -0.15) is 5.26 Å². The van der Waals surface area contributed by atoms with Crippen LogP contribution in [0.15, 0.2) is 73.3 Å². The molecule has 1 fully saturated rings. The molecule has 8 aromatic heterocycles. The zero-order valence-corrected chi connectivity index (χ0v) is 51.6. The van der Waals surface area contributed by atoms with Gasteiger partial charge in [0.15, 0.2) is 38.6 Å². The third-order valence-electron chi connectivity index (χ3n) is 9.71. The maximum atomic E-state index is 12.0. The summed E-state index contributed by atoms with van der Waals surface area (Å²) in [5.41, 5.74) is 8.11. The summed E-state index contributed by atoms with van der Waals surface area (Å²) in [6, 6.07) is 14.8. The number of thiazole rings is 4. The van der Waals surface area contributed by atoms with Crippen LogP contribution in [-0.2, 0) is 38.3 Å². The highest BCUT2D eigenvalue weighted by Gasteiger charge is 2.28. The molecule has 4 amide bonds. The van der Waals surface area contributed by atoms with E-state index in [2.05, 4.69) is 45.8 Å². The van der Waals surface area contributed by atoms with E-state index in [1.54, 1.807) is 45.3 Å². The molecule has 31 heteroatoms. The number of aromatic nitrogens is 8. The second-order valence-electron chi connectivity index (χ2n) is 20.4. The van der Waals surface area contributed by atoms with E-state index in [0.29, 0.717) is 59.2 Å². The summed E-state index contributed by atoms with van der Waals surface area (Å²) in [6.45, 7) is 21.4. The third-order valence-corrected chi connectivity index (χ3v) is 13.7. The Balaban J connectivity index is 0.000000190. The fourth-order valence-electron chi connectivity index (χ4n) is 6.70. The van der Waals surface area contributed by atoms with Gasteiger partial charge in [0, 0.05) is 69.2 Å². The number of carbonyl (C=O) groups is 7. The Morgan fingerprint density at radius 3 is 1.61 bits per heavy atom. The number of carbonyl (C=O) groups excluding carboxylic acids is 7. The van der Waals surface area contributed by atoms with Crippen molar-refractivity contribution in [2.45, 2.75) is 106 Å². The Morgan fingerprint density at radius 2 is 1.14 bits per heavy atom. The number of hydrogen-bond donors (Lipinski definition) is 6. The van der Waals surface area contributed by atoms with Crippen LogP contribution in [0.5, 0.6) is 0 Å². The van der Waals surface area contributed by atoms with Gasteiger partial charge in [-0.15, -0.1) is 4.39 Å². The highest BCUT2D eigenvalue weighted by molar-refractivity contribution is 7.23. The first-order valence-electron chi connectivity index (χ1n) is 24.9. The van der Waals surface area contributed by atoms with Crippen molar-refractivity contribution in [3.05, 3.63) is 78.3 Å².